The number of allylic oxidation sites excluding steroid dienone is 1. The Hall–Kier alpha value is -4.36. The maximum atomic E-state index is 12.0. The molecule has 174 valence electrons. The lowest BCUT2D eigenvalue weighted by Crippen LogP contribution is -2.07. The molecule has 1 heterocycles. The Morgan fingerprint density at radius 2 is 1.62 bits per heavy atom. The molecule has 2 aromatic carbocycles. The molecular weight excluding hydrogens is 458 g/mol. The van der Waals surface area contributed by atoms with E-state index < -0.39 is 11.9 Å². The number of rotatable bonds is 8. The second kappa shape index (κ2) is 11.0. The van der Waals surface area contributed by atoms with Crippen LogP contribution in [0.15, 0.2) is 48.0 Å². The number of carbonyl (C=O) groups is 2. The van der Waals surface area contributed by atoms with Crippen LogP contribution in [-0.2, 0) is 9.47 Å². The highest BCUT2D eigenvalue weighted by molar-refractivity contribution is 7.11. The van der Waals surface area contributed by atoms with Crippen LogP contribution in [0.25, 0.3) is 16.8 Å². The van der Waals surface area contributed by atoms with Gasteiger partial charge >= 0.3 is 11.9 Å². The van der Waals surface area contributed by atoms with E-state index >= 15 is 0 Å². The van der Waals surface area contributed by atoms with Gasteiger partial charge in [-0.25, -0.2) is 14.6 Å². The summed E-state index contributed by atoms with van der Waals surface area (Å²) in [6.07, 6.45) is 1.45. The van der Waals surface area contributed by atoms with Crippen molar-refractivity contribution in [2.75, 3.05) is 33.8 Å². The molecule has 3 rings (SSSR count). The second-order valence-electron chi connectivity index (χ2n) is 6.70. The Bertz CT molecular complexity index is 1260. The van der Waals surface area contributed by atoms with Crippen LogP contribution in [0.4, 0.5) is 5.69 Å². The highest BCUT2D eigenvalue weighted by atomic mass is 32.1. The molecule has 0 amide bonds. The van der Waals surface area contributed by atoms with Crippen LogP contribution in [0, 0.1) is 11.3 Å². The summed E-state index contributed by atoms with van der Waals surface area (Å²) in [4.78, 5) is 28.5. The van der Waals surface area contributed by atoms with Gasteiger partial charge in [0.25, 0.3) is 0 Å². The summed E-state index contributed by atoms with van der Waals surface area (Å²) in [5, 5.41) is 14.9. The number of benzene rings is 2. The first kappa shape index (κ1) is 24.3. The summed E-state index contributed by atoms with van der Waals surface area (Å²) in [6.45, 7) is 0. The molecule has 9 nitrogen and oxygen atoms in total. The fraction of sp³-hybridized carbons (Fsp3) is 0.167. The van der Waals surface area contributed by atoms with Crippen molar-refractivity contribution in [2.45, 2.75) is 0 Å². The van der Waals surface area contributed by atoms with E-state index in [0.717, 1.165) is 5.56 Å². The molecule has 0 fully saturated rings. The average molecular weight is 480 g/mol. The molecule has 0 unspecified atom stereocenters. The summed E-state index contributed by atoms with van der Waals surface area (Å²) in [7, 11) is 5.60. The molecule has 0 aliphatic rings. The lowest BCUT2D eigenvalue weighted by molar-refractivity contribution is 0.0599. The van der Waals surface area contributed by atoms with Gasteiger partial charge in [0.05, 0.1) is 45.3 Å². The van der Waals surface area contributed by atoms with E-state index in [1.807, 2.05) is 11.4 Å². The van der Waals surface area contributed by atoms with Crippen molar-refractivity contribution >= 4 is 34.5 Å². The highest BCUT2D eigenvalue weighted by Gasteiger charge is 2.15. The van der Waals surface area contributed by atoms with Crippen LogP contribution in [0.5, 0.6) is 11.5 Å². The molecule has 0 atom stereocenters. The molecule has 3 aromatic rings. The van der Waals surface area contributed by atoms with Crippen molar-refractivity contribution in [3.8, 4) is 28.8 Å². The van der Waals surface area contributed by atoms with Gasteiger partial charge in [-0.05, 0) is 36.4 Å². The van der Waals surface area contributed by atoms with Crippen LogP contribution in [0.3, 0.4) is 0 Å². The number of carbonyl (C=O) groups excluding carboxylic acids is 2. The fourth-order valence-electron chi connectivity index (χ4n) is 3.01. The third-order valence-corrected chi connectivity index (χ3v) is 5.57. The molecular formula is C24H21N3O6S. The van der Waals surface area contributed by atoms with E-state index in [1.165, 1.54) is 50.0 Å². The summed E-state index contributed by atoms with van der Waals surface area (Å²) < 4.78 is 20.1. The number of hydrogen-bond donors (Lipinski definition) is 1. The Kier molecular flexibility index (Phi) is 7.84. The minimum Gasteiger partial charge on any atom is -0.493 e. The van der Waals surface area contributed by atoms with E-state index in [-0.39, 0.29) is 16.7 Å². The Balaban J connectivity index is 1.90. The minimum absolute atomic E-state index is 0.157. The summed E-state index contributed by atoms with van der Waals surface area (Å²) in [5.74, 6) is -0.0567. The quantitative estimate of drug-likeness (QED) is 0.371. The maximum Gasteiger partial charge on any atom is 0.337 e. The number of methoxy groups -OCH3 is 4. The number of nitrogens with zero attached hydrogens (tertiary/aromatic N) is 2. The zero-order chi connectivity index (χ0) is 24.7. The van der Waals surface area contributed by atoms with Gasteiger partial charge < -0.3 is 24.3 Å². The molecule has 0 aliphatic heterocycles. The van der Waals surface area contributed by atoms with Gasteiger partial charge in [-0.2, -0.15) is 5.26 Å². The Morgan fingerprint density at radius 1 is 0.971 bits per heavy atom. The average Bonchev–Trinajstić information content (AvgIpc) is 3.37. The molecule has 0 saturated carbocycles. The third kappa shape index (κ3) is 5.33. The first-order valence-corrected chi connectivity index (χ1v) is 10.7. The van der Waals surface area contributed by atoms with Crippen LogP contribution in [-0.4, -0.2) is 45.4 Å². The fourth-order valence-corrected chi connectivity index (χ4v) is 3.80. The summed E-state index contributed by atoms with van der Waals surface area (Å²) >= 11 is 1.30. The number of thiazole rings is 1. The normalized spacial score (nSPS) is 10.7. The van der Waals surface area contributed by atoms with Gasteiger partial charge in [-0.3, -0.25) is 0 Å². The van der Waals surface area contributed by atoms with Crippen molar-refractivity contribution in [1.82, 2.24) is 4.98 Å². The smallest absolute Gasteiger partial charge is 0.337 e. The van der Waals surface area contributed by atoms with Gasteiger partial charge in [0.2, 0.25) is 0 Å². The molecule has 1 aromatic heterocycles. The van der Waals surface area contributed by atoms with Gasteiger partial charge in [0.1, 0.15) is 16.6 Å². The predicted octanol–water partition coefficient (Wildman–Crippen LogP) is 4.38. The lowest BCUT2D eigenvalue weighted by atomic mass is 10.1. The van der Waals surface area contributed by atoms with Crippen LogP contribution >= 0.6 is 11.3 Å². The lowest BCUT2D eigenvalue weighted by Gasteiger charge is -2.08. The van der Waals surface area contributed by atoms with Gasteiger partial charge in [0, 0.05) is 22.8 Å². The van der Waals surface area contributed by atoms with Crippen molar-refractivity contribution in [3.05, 3.63) is 64.1 Å². The number of aromatic nitrogens is 1. The minimum atomic E-state index is -0.613. The predicted molar refractivity (Wildman–Crippen MR) is 127 cm³/mol. The van der Waals surface area contributed by atoms with Gasteiger partial charge in [0.15, 0.2) is 11.5 Å². The molecule has 10 heteroatoms. The molecule has 0 saturated heterocycles. The topological polar surface area (TPSA) is 120 Å². The first-order chi connectivity index (χ1) is 16.4. The van der Waals surface area contributed by atoms with Crippen molar-refractivity contribution in [1.29, 1.82) is 5.26 Å². The second-order valence-corrected chi connectivity index (χ2v) is 7.56. The van der Waals surface area contributed by atoms with Gasteiger partial charge in [-0.1, -0.05) is 0 Å². The van der Waals surface area contributed by atoms with E-state index in [2.05, 4.69) is 16.4 Å². The number of nitrogens with one attached hydrogen (secondary N) is 1. The number of anilines is 1. The SMILES string of the molecule is COC(=O)c1cc(N/C=C(/C#N)c2nc(-c3ccc(OC)c(OC)c3)cs2)cc(C(=O)OC)c1. The summed E-state index contributed by atoms with van der Waals surface area (Å²) in [5.41, 5.74) is 2.45. The molecule has 34 heavy (non-hydrogen) atoms. The van der Waals surface area contributed by atoms with E-state index in [1.54, 1.807) is 26.4 Å². The van der Waals surface area contributed by atoms with E-state index in [0.29, 0.717) is 27.9 Å². The summed E-state index contributed by atoms with van der Waals surface area (Å²) in [6, 6.07) is 11.9. The number of ether oxygens (including phenoxy) is 4. The maximum absolute atomic E-state index is 12.0. The van der Waals surface area contributed by atoms with E-state index in [4.69, 9.17) is 18.9 Å². The van der Waals surface area contributed by atoms with Crippen molar-refractivity contribution in [3.63, 3.8) is 0 Å². The molecule has 1 N–H and O–H groups in total. The monoisotopic (exact) mass is 479 g/mol. The highest BCUT2D eigenvalue weighted by Crippen LogP contribution is 2.33. The van der Waals surface area contributed by atoms with Crippen molar-refractivity contribution < 1.29 is 28.5 Å². The van der Waals surface area contributed by atoms with E-state index in [9.17, 15) is 14.9 Å². The first-order valence-electron chi connectivity index (χ1n) is 9.80. The zero-order valence-corrected chi connectivity index (χ0v) is 19.7. The number of nitriles is 1. The molecule has 0 bridgehead atoms. The van der Waals surface area contributed by atoms with Crippen molar-refractivity contribution in [2.24, 2.45) is 0 Å². The molecule has 0 spiro atoms. The number of esters is 2. The Morgan fingerprint density at radius 3 is 2.18 bits per heavy atom. The Labute approximate surface area is 200 Å². The van der Waals surface area contributed by atoms with Crippen LogP contribution < -0.4 is 14.8 Å². The van der Waals surface area contributed by atoms with Crippen LogP contribution in [0.1, 0.15) is 25.7 Å². The standard InChI is InChI=1S/C24H21N3O6S/c1-30-20-6-5-14(10-21(20)31-2)19-13-34-22(27-19)17(11-25)12-26-18-8-15(23(28)32-3)7-16(9-18)24(29)33-4/h5-10,12-13,26H,1-4H3/b17-12-. The number of hydrogen-bond acceptors (Lipinski definition) is 10. The zero-order valence-electron chi connectivity index (χ0n) is 18.9. The van der Waals surface area contributed by atoms with Gasteiger partial charge in [-0.15, -0.1) is 11.3 Å². The third-order valence-electron chi connectivity index (χ3n) is 4.69. The largest absolute Gasteiger partial charge is 0.493 e. The van der Waals surface area contributed by atoms with Crippen LogP contribution in [0.2, 0.25) is 0 Å². The molecule has 0 radical (unpaired) electrons. The molecule has 0 aliphatic carbocycles.